The number of thiophene rings is 1. The zero-order chi connectivity index (χ0) is 22.2. The lowest BCUT2D eigenvalue weighted by Crippen LogP contribution is -2.49. The molecule has 0 spiro atoms. The Morgan fingerprint density at radius 1 is 1.35 bits per heavy atom. The van der Waals surface area contributed by atoms with E-state index in [4.69, 9.17) is 9.47 Å². The molecule has 1 aliphatic rings. The molecular formula is C23H29N3O4S. The normalized spacial score (nSPS) is 15.0. The highest BCUT2D eigenvalue weighted by molar-refractivity contribution is 7.10. The maximum absolute atomic E-state index is 13.2. The number of rotatable bonds is 9. The van der Waals surface area contributed by atoms with Crippen molar-refractivity contribution in [2.75, 3.05) is 39.9 Å². The predicted molar refractivity (Wildman–Crippen MR) is 122 cm³/mol. The van der Waals surface area contributed by atoms with Crippen molar-refractivity contribution >= 4 is 23.3 Å². The minimum absolute atomic E-state index is 0.00696. The van der Waals surface area contributed by atoms with E-state index in [1.165, 1.54) is 9.78 Å². The van der Waals surface area contributed by atoms with Crippen LogP contribution in [0.15, 0.2) is 48.4 Å². The maximum atomic E-state index is 13.2. The van der Waals surface area contributed by atoms with E-state index in [2.05, 4.69) is 23.3 Å². The third kappa shape index (κ3) is 5.58. The smallest absolute Gasteiger partial charge is 0.318 e. The molecule has 0 fully saturated rings. The molecule has 1 N–H and O–H groups in total. The van der Waals surface area contributed by atoms with E-state index in [1.807, 2.05) is 36.1 Å². The first-order chi connectivity index (χ1) is 15.1. The Kier molecular flexibility index (Phi) is 7.94. The summed E-state index contributed by atoms with van der Waals surface area (Å²) in [7, 11) is 1.61. The van der Waals surface area contributed by atoms with Gasteiger partial charge in [-0.3, -0.25) is 4.79 Å². The van der Waals surface area contributed by atoms with E-state index in [1.54, 1.807) is 24.5 Å². The van der Waals surface area contributed by atoms with Crippen molar-refractivity contribution in [2.24, 2.45) is 0 Å². The van der Waals surface area contributed by atoms with Gasteiger partial charge in [0.2, 0.25) is 5.91 Å². The van der Waals surface area contributed by atoms with Crippen molar-refractivity contribution in [1.29, 1.82) is 0 Å². The summed E-state index contributed by atoms with van der Waals surface area (Å²) in [5.74, 6) is 1.29. The van der Waals surface area contributed by atoms with Crippen LogP contribution in [-0.4, -0.2) is 61.6 Å². The summed E-state index contributed by atoms with van der Waals surface area (Å²) in [4.78, 5) is 30.1. The summed E-state index contributed by atoms with van der Waals surface area (Å²) in [5.41, 5.74) is 1.11. The van der Waals surface area contributed by atoms with Crippen LogP contribution in [-0.2, 0) is 11.2 Å². The number of carbonyl (C=O) groups is 2. The third-order valence-corrected chi connectivity index (χ3v) is 6.15. The standard InChI is InChI=1S/C23H29N3O4S/c1-4-11-25(23(28)24-5-2)15-22(27)26-12-9-21-19(10-13-31-21)20(26)16-30-18-8-6-7-17(14-18)29-3/h4,6-8,10,13-14,20H,1,5,9,11-12,15-16H2,2-3H3,(H,24,28)/t20-/m1/s1. The third-order valence-electron chi connectivity index (χ3n) is 5.16. The van der Waals surface area contributed by atoms with E-state index in [9.17, 15) is 9.59 Å². The molecule has 0 saturated heterocycles. The Hall–Kier alpha value is -3.00. The van der Waals surface area contributed by atoms with Crippen molar-refractivity contribution in [2.45, 2.75) is 19.4 Å². The molecule has 1 atom stereocenters. The lowest BCUT2D eigenvalue weighted by molar-refractivity contribution is -0.135. The Morgan fingerprint density at radius 2 is 2.16 bits per heavy atom. The Balaban J connectivity index is 1.76. The average molecular weight is 444 g/mol. The van der Waals surface area contributed by atoms with Gasteiger partial charge in [0.1, 0.15) is 24.7 Å². The first-order valence-corrected chi connectivity index (χ1v) is 11.2. The lowest BCUT2D eigenvalue weighted by Gasteiger charge is -2.37. The second-order valence-corrected chi connectivity index (χ2v) is 8.15. The van der Waals surface area contributed by atoms with Crippen LogP contribution in [0.3, 0.4) is 0 Å². The summed E-state index contributed by atoms with van der Waals surface area (Å²) < 4.78 is 11.3. The molecular weight excluding hydrogens is 414 g/mol. The molecule has 0 aliphatic carbocycles. The summed E-state index contributed by atoms with van der Waals surface area (Å²) in [6.07, 6.45) is 2.43. The molecule has 0 saturated carbocycles. The molecule has 7 nitrogen and oxygen atoms in total. The van der Waals surface area contributed by atoms with Gasteiger partial charge >= 0.3 is 6.03 Å². The zero-order valence-electron chi connectivity index (χ0n) is 18.0. The summed E-state index contributed by atoms with van der Waals surface area (Å²) in [6.45, 7) is 7.27. The second kappa shape index (κ2) is 10.9. The molecule has 2 aromatic rings. The molecule has 31 heavy (non-hydrogen) atoms. The molecule has 3 rings (SSSR count). The molecule has 0 bridgehead atoms. The molecule has 0 unspecified atom stereocenters. The van der Waals surface area contributed by atoms with Gasteiger partial charge in [-0.2, -0.15) is 0 Å². The van der Waals surface area contributed by atoms with E-state index in [-0.39, 0.29) is 24.5 Å². The van der Waals surface area contributed by atoms with E-state index < -0.39 is 0 Å². The number of amides is 3. The van der Waals surface area contributed by atoms with Crippen LogP contribution in [0, 0.1) is 0 Å². The number of carbonyl (C=O) groups excluding carboxylic acids is 2. The zero-order valence-corrected chi connectivity index (χ0v) is 18.8. The summed E-state index contributed by atoms with van der Waals surface area (Å²) in [5, 5.41) is 4.80. The number of hydrogen-bond acceptors (Lipinski definition) is 5. The van der Waals surface area contributed by atoms with Crippen LogP contribution in [0.4, 0.5) is 4.79 Å². The molecule has 8 heteroatoms. The highest BCUT2D eigenvalue weighted by atomic mass is 32.1. The van der Waals surface area contributed by atoms with Gasteiger partial charge in [-0.15, -0.1) is 17.9 Å². The van der Waals surface area contributed by atoms with Crippen molar-refractivity contribution < 1.29 is 19.1 Å². The lowest BCUT2D eigenvalue weighted by atomic mass is 10.0. The van der Waals surface area contributed by atoms with Gasteiger partial charge in [0.25, 0.3) is 0 Å². The number of methoxy groups -OCH3 is 1. The van der Waals surface area contributed by atoms with Crippen molar-refractivity contribution in [3.8, 4) is 11.5 Å². The maximum Gasteiger partial charge on any atom is 0.318 e. The fourth-order valence-electron chi connectivity index (χ4n) is 3.63. The van der Waals surface area contributed by atoms with Crippen molar-refractivity contribution in [3.05, 3.63) is 58.8 Å². The van der Waals surface area contributed by atoms with Crippen LogP contribution < -0.4 is 14.8 Å². The number of nitrogens with one attached hydrogen (secondary N) is 1. The molecule has 1 aliphatic heterocycles. The average Bonchev–Trinajstić information content (AvgIpc) is 3.26. The number of urea groups is 1. The number of nitrogens with zero attached hydrogens (tertiary/aromatic N) is 2. The molecule has 1 aromatic carbocycles. The first-order valence-electron chi connectivity index (χ1n) is 10.3. The summed E-state index contributed by atoms with van der Waals surface area (Å²) >= 11 is 1.70. The second-order valence-electron chi connectivity index (χ2n) is 7.15. The van der Waals surface area contributed by atoms with Gasteiger partial charge < -0.3 is 24.6 Å². The van der Waals surface area contributed by atoms with Gasteiger partial charge in [0.15, 0.2) is 0 Å². The van der Waals surface area contributed by atoms with Crippen molar-refractivity contribution in [3.63, 3.8) is 0 Å². The SMILES string of the molecule is C=CCN(CC(=O)N1CCc2sccc2[C@H]1COc1cccc(OC)c1)C(=O)NCC. The fraction of sp³-hybridized carbons (Fsp3) is 0.391. The van der Waals surface area contributed by atoms with Gasteiger partial charge in [-0.1, -0.05) is 12.1 Å². The number of benzene rings is 1. The van der Waals surface area contributed by atoms with Crippen LogP contribution in [0.2, 0.25) is 0 Å². The van der Waals surface area contributed by atoms with Crippen LogP contribution >= 0.6 is 11.3 Å². The molecule has 2 heterocycles. The number of fused-ring (bicyclic) bond motifs is 1. The highest BCUT2D eigenvalue weighted by Crippen LogP contribution is 2.34. The molecule has 166 valence electrons. The summed E-state index contributed by atoms with van der Waals surface area (Å²) in [6, 6.07) is 8.99. The number of hydrogen-bond donors (Lipinski definition) is 1. The predicted octanol–water partition coefficient (Wildman–Crippen LogP) is 3.48. The van der Waals surface area contributed by atoms with Gasteiger partial charge in [-0.05, 0) is 42.5 Å². The van der Waals surface area contributed by atoms with Crippen LogP contribution in [0.1, 0.15) is 23.4 Å². The molecule has 1 aromatic heterocycles. The molecule has 0 radical (unpaired) electrons. The largest absolute Gasteiger partial charge is 0.497 e. The number of ether oxygens (including phenoxy) is 2. The fourth-order valence-corrected chi connectivity index (χ4v) is 4.56. The minimum Gasteiger partial charge on any atom is -0.497 e. The van der Waals surface area contributed by atoms with Crippen molar-refractivity contribution in [1.82, 2.24) is 15.1 Å². The van der Waals surface area contributed by atoms with Gasteiger partial charge in [0.05, 0.1) is 13.2 Å². The first kappa shape index (κ1) is 22.7. The Bertz CT molecular complexity index is 914. The van der Waals surface area contributed by atoms with E-state index in [0.29, 0.717) is 37.7 Å². The Labute approximate surface area is 187 Å². The van der Waals surface area contributed by atoms with E-state index in [0.717, 1.165) is 12.0 Å². The quantitative estimate of drug-likeness (QED) is 0.603. The molecule has 3 amide bonds. The monoisotopic (exact) mass is 443 g/mol. The topological polar surface area (TPSA) is 71.1 Å². The van der Waals surface area contributed by atoms with E-state index >= 15 is 0 Å². The van der Waals surface area contributed by atoms with Crippen LogP contribution in [0.25, 0.3) is 0 Å². The minimum atomic E-state index is -0.270. The van der Waals surface area contributed by atoms with Crippen LogP contribution in [0.5, 0.6) is 11.5 Å². The van der Waals surface area contributed by atoms with Gasteiger partial charge in [-0.25, -0.2) is 4.79 Å². The highest BCUT2D eigenvalue weighted by Gasteiger charge is 2.33. The Morgan fingerprint density at radius 3 is 2.90 bits per heavy atom. The van der Waals surface area contributed by atoms with Gasteiger partial charge in [0, 0.05) is 30.6 Å².